The zero-order valence-corrected chi connectivity index (χ0v) is 22.2. The number of rotatable bonds is 1. The molecule has 204 valence electrons. The van der Waals surface area contributed by atoms with Crippen molar-refractivity contribution >= 4 is 28.2 Å². The fourth-order valence-corrected chi connectivity index (χ4v) is 8.21. The van der Waals surface area contributed by atoms with Gasteiger partial charge in [-0.15, -0.1) is 0 Å². The Morgan fingerprint density at radius 2 is 1.74 bits per heavy atom. The minimum atomic E-state index is -2.94. The zero-order valence-electron chi connectivity index (χ0n) is 22.2. The average molecular weight is 534 g/mol. The molecule has 4 atom stereocenters. The van der Waals surface area contributed by atoms with Crippen molar-refractivity contribution in [1.29, 1.82) is 0 Å². The fraction of sp³-hybridized carbons (Fsp3) is 0.433. The number of amides is 1. The van der Waals surface area contributed by atoms with Crippen molar-refractivity contribution < 1.29 is 39.9 Å². The van der Waals surface area contributed by atoms with E-state index in [9.17, 15) is 39.9 Å². The van der Waals surface area contributed by atoms with E-state index in [1.54, 1.807) is 0 Å². The molecule has 0 heterocycles. The number of phenolic OH excluding ortho intramolecular Hbond substituents is 2. The summed E-state index contributed by atoms with van der Waals surface area (Å²) in [4.78, 5) is 39.2. The van der Waals surface area contributed by atoms with Crippen LogP contribution >= 0.6 is 0 Å². The van der Waals surface area contributed by atoms with E-state index in [4.69, 9.17) is 5.73 Å². The Labute approximate surface area is 224 Å². The number of ketones is 2. The first-order valence-electron chi connectivity index (χ1n) is 13.1. The smallest absolute Gasteiger partial charge is 0.255 e. The number of aromatic hydroxyl groups is 2. The lowest BCUT2D eigenvalue weighted by Gasteiger charge is -2.50. The third kappa shape index (κ3) is 2.69. The Kier molecular flexibility index (Phi) is 4.91. The van der Waals surface area contributed by atoms with E-state index in [0.29, 0.717) is 17.4 Å². The molecule has 1 spiro atoms. The molecule has 9 heteroatoms. The highest BCUT2D eigenvalue weighted by Crippen LogP contribution is 2.65. The van der Waals surface area contributed by atoms with Gasteiger partial charge in [0.1, 0.15) is 22.8 Å². The highest BCUT2D eigenvalue weighted by atomic mass is 16.3. The normalized spacial score (nSPS) is 31.0. The van der Waals surface area contributed by atoms with Gasteiger partial charge in [-0.2, -0.15) is 0 Å². The van der Waals surface area contributed by atoms with Crippen LogP contribution in [0.1, 0.15) is 78.7 Å². The molecular weight excluding hydrogens is 502 g/mol. The predicted octanol–water partition coefficient (Wildman–Crippen LogP) is 2.97. The van der Waals surface area contributed by atoms with Crippen LogP contribution in [0.4, 0.5) is 0 Å². The Balaban J connectivity index is 1.73. The van der Waals surface area contributed by atoms with Gasteiger partial charge in [0, 0.05) is 17.8 Å². The Hall–Kier alpha value is -3.69. The Bertz CT molecular complexity index is 1650. The van der Waals surface area contributed by atoms with Crippen LogP contribution in [0.3, 0.4) is 0 Å². The summed E-state index contributed by atoms with van der Waals surface area (Å²) < 4.78 is 0. The lowest BCUT2D eigenvalue weighted by Crippen LogP contribution is -2.61. The number of carbonyl (C=O) groups is 3. The maximum Gasteiger partial charge on any atom is 0.255 e. The van der Waals surface area contributed by atoms with Gasteiger partial charge in [-0.25, -0.2) is 0 Å². The Morgan fingerprint density at radius 3 is 2.36 bits per heavy atom. The second-order valence-corrected chi connectivity index (χ2v) is 12.2. The molecule has 0 saturated carbocycles. The van der Waals surface area contributed by atoms with Crippen molar-refractivity contribution in [2.75, 3.05) is 0 Å². The van der Waals surface area contributed by atoms with Gasteiger partial charge in [0.25, 0.3) is 5.91 Å². The molecule has 6 rings (SSSR count). The first kappa shape index (κ1) is 25.6. The number of Topliss-reactive ketones (excluding diaryl/α,β-unsaturated/α-hetero) is 2. The molecule has 2 aromatic rings. The summed E-state index contributed by atoms with van der Waals surface area (Å²) in [6.07, 6.45) is 2.07. The lowest BCUT2D eigenvalue weighted by atomic mass is 9.53. The number of benzene rings is 2. The SMILES string of the molecule is CC1=CCCC(C)(C)[C@@]12Cc1c3c(c(O)c4c(O)cc(C)c2c14)C(=O)[C@]1(O)C(=O)C(C(N)=O)=C(O)C[C@@H]1[C@H]3O. The summed E-state index contributed by atoms with van der Waals surface area (Å²) in [5.74, 6) is -7.11. The van der Waals surface area contributed by atoms with Gasteiger partial charge < -0.3 is 31.3 Å². The fourth-order valence-electron chi connectivity index (χ4n) is 8.21. The molecule has 39 heavy (non-hydrogen) atoms. The molecular formula is C30H31NO8. The summed E-state index contributed by atoms with van der Waals surface area (Å²) in [6.45, 7) is 8.25. The number of hydrogen-bond acceptors (Lipinski definition) is 8. The molecule has 0 aromatic heterocycles. The van der Waals surface area contributed by atoms with Crippen molar-refractivity contribution in [2.24, 2.45) is 17.1 Å². The first-order valence-corrected chi connectivity index (χ1v) is 13.1. The largest absolute Gasteiger partial charge is 0.511 e. The number of allylic oxidation sites excluding steroid dienone is 3. The van der Waals surface area contributed by atoms with Crippen LogP contribution in [0.25, 0.3) is 10.8 Å². The molecule has 2 aromatic carbocycles. The van der Waals surface area contributed by atoms with Crippen LogP contribution in [0, 0.1) is 18.3 Å². The van der Waals surface area contributed by atoms with Crippen molar-refractivity contribution in [2.45, 2.75) is 70.5 Å². The topological polar surface area (TPSA) is 178 Å². The maximum absolute atomic E-state index is 14.0. The van der Waals surface area contributed by atoms with Crippen LogP contribution in [0.2, 0.25) is 0 Å². The van der Waals surface area contributed by atoms with Crippen LogP contribution in [-0.4, -0.2) is 48.6 Å². The van der Waals surface area contributed by atoms with Crippen LogP contribution < -0.4 is 5.73 Å². The molecule has 1 amide bonds. The van der Waals surface area contributed by atoms with Crippen LogP contribution in [0.5, 0.6) is 11.5 Å². The zero-order chi connectivity index (χ0) is 28.6. The number of aryl methyl sites for hydroxylation is 1. The van der Waals surface area contributed by atoms with Gasteiger partial charge in [0.2, 0.25) is 11.6 Å². The number of primary amides is 1. The summed E-state index contributed by atoms with van der Waals surface area (Å²) >= 11 is 0. The highest BCUT2D eigenvalue weighted by molar-refractivity contribution is 6.33. The van der Waals surface area contributed by atoms with Crippen molar-refractivity contribution in [3.05, 3.63) is 56.9 Å². The molecule has 4 aliphatic carbocycles. The van der Waals surface area contributed by atoms with Gasteiger partial charge in [0.05, 0.1) is 17.1 Å². The first-order chi connectivity index (χ1) is 18.1. The van der Waals surface area contributed by atoms with Crippen molar-refractivity contribution in [3.63, 3.8) is 0 Å². The molecule has 0 unspecified atom stereocenters. The van der Waals surface area contributed by atoms with Crippen molar-refractivity contribution in [1.82, 2.24) is 0 Å². The van der Waals surface area contributed by atoms with E-state index in [0.717, 1.165) is 29.5 Å². The van der Waals surface area contributed by atoms with E-state index in [1.807, 2.05) is 13.8 Å². The van der Waals surface area contributed by atoms with Gasteiger partial charge in [0.15, 0.2) is 5.60 Å². The molecule has 0 fully saturated rings. The van der Waals surface area contributed by atoms with Crippen molar-refractivity contribution in [3.8, 4) is 11.5 Å². The average Bonchev–Trinajstić information content (AvgIpc) is 3.19. The van der Waals surface area contributed by atoms with Gasteiger partial charge in [-0.3, -0.25) is 14.4 Å². The van der Waals surface area contributed by atoms with E-state index < -0.39 is 69.6 Å². The van der Waals surface area contributed by atoms with E-state index in [-0.39, 0.29) is 22.1 Å². The minimum Gasteiger partial charge on any atom is -0.511 e. The summed E-state index contributed by atoms with van der Waals surface area (Å²) in [5.41, 5.74) is 3.52. The van der Waals surface area contributed by atoms with Gasteiger partial charge in [-0.05, 0) is 72.2 Å². The summed E-state index contributed by atoms with van der Waals surface area (Å²) in [6, 6.07) is 1.54. The van der Waals surface area contributed by atoms with Crippen LogP contribution in [0.15, 0.2) is 29.0 Å². The van der Waals surface area contributed by atoms with E-state index >= 15 is 0 Å². The van der Waals surface area contributed by atoms with E-state index in [1.165, 1.54) is 6.07 Å². The number of nitrogens with two attached hydrogens (primary N) is 1. The second-order valence-electron chi connectivity index (χ2n) is 12.2. The van der Waals surface area contributed by atoms with Gasteiger partial charge in [-0.1, -0.05) is 25.5 Å². The number of hydrogen-bond donors (Lipinski definition) is 6. The van der Waals surface area contributed by atoms with E-state index in [2.05, 4.69) is 19.9 Å². The maximum atomic E-state index is 14.0. The minimum absolute atomic E-state index is 0.00905. The third-order valence-electron chi connectivity index (χ3n) is 10.1. The molecule has 4 aliphatic rings. The number of aliphatic hydroxyl groups is 3. The molecule has 0 bridgehead atoms. The predicted molar refractivity (Wildman–Crippen MR) is 140 cm³/mol. The summed E-state index contributed by atoms with van der Waals surface area (Å²) in [7, 11) is 0. The molecule has 0 aliphatic heterocycles. The number of aliphatic hydroxyl groups excluding tert-OH is 2. The van der Waals surface area contributed by atoms with Crippen LogP contribution in [-0.2, 0) is 21.4 Å². The lowest BCUT2D eigenvalue weighted by molar-refractivity contribution is -0.143. The number of carbonyl (C=O) groups excluding carboxylic acids is 3. The highest BCUT2D eigenvalue weighted by Gasteiger charge is 2.64. The molecule has 9 nitrogen and oxygen atoms in total. The third-order valence-corrected chi connectivity index (χ3v) is 10.1. The Morgan fingerprint density at radius 1 is 1.08 bits per heavy atom. The molecule has 7 N–H and O–H groups in total. The molecule has 0 radical (unpaired) electrons. The second kappa shape index (κ2) is 7.49. The standard InChI is InChI=1S/C30H31NO8/c1-11-8-15(32)19-17-13(10-29(22(11)17)12(2)6-5-7-28(29,3)4)18-21(24(19)35)26(37)30(39)14(23(18)34)9-16(33)20(25(30)36)27(31)38/h6,8,14,23,32-35,39H,5,7,9-10H2,1-4H3,(H2,31,38)/t14-,23-,29+,30-/m1/s1. The quantitative estimate of drug-likeness (QED) is 0.184. The van der Waals surface area contributed by atoms with Gasteiger partial charge >= 0.3 is 0 Å². The molecule has 0 saturated heterocycles. The monoisotopic (exact) mass is 533 g/mol. The number of fused-ring (bicyclic) bond motifs is 4. The summed E-state index contributed by atoms with van der Waals surface area (Å²) in [5, 5.41) is 56.9. The number of phenols is 2.